The van der Waals surface area contributed by atoms with Crippen molar-refractivity contribution in [1.82, 2.24) is 0 Å². The number of hydrogen-bond acceptors (Lipinski definition) is 1. The zero-order valence-corrected chi connectivity index (χ0v) is 7.31. The second-order valence-corrected chi connectivity index (χ2v) is 2.95. The fraction of sp³-hybridized carbons (Fsp3) is 0.222. The molecule has 0 radical (unpaired) electrons. The molecule has 0 aliphatic rings. The van der Waals surface area contributed by atoms with Gasteiger partial charge in [-0.1, -0.05) is 19.1 Å². The van der Waals surface area contributed by atoms with E-state index in [4.69, 9.17) is 11.6 Å². The third-order valence-corrected chi connectivity index (χ3v) is 2.04. The van der Waals surface area contributed by atoms with Gasteiger partial charge in [0.2, 0.25) is 5.24 Å². The number of benzene rings is 1. The van der Waals surface area contributed by atoms with E-state index in [1.54, 1.807) is 19.1 Å². The van der Waals surface area contributed by atoms with Gasteiger partial charge in [-0.15, -0.1) is 0 Å². The summed E-state index contributed by atoms with van der Waals surface area (Å²) in [5.41, 5.74) is 0.733. The van der Waals surface area contributed by atoms with Gasteiger partial charge < -0.3 is 0 Å². The SMILES string of the molecule is CC(C(=O)Cl)c1ccc(F)cc1. The molecule has 0 N–H and O–H groups in total. The van der Waals surface area contributed by atoms with Gasteiger partial charge in [-0.25, -0.2) is 4.39 Å². The molecule has 0 spiro atoms. The predicted octanol–water partition coefficient (Wildman–Crippen LogP) is 2.69. The number of rotatable bonds is 2. The van der Waals surface area contributed by atoms with Crippen LogP contribution in [0.5, 0.6) is 0 Å². The molecule has 0 saturated carbocycles. The minimum Gasteiger partial charge on any atom is -0.281 e. The zero-order valence-electron chi connectivity index (χ0n) is 6.55. The van der Waals surface area contributed by atoms with Crippen molar-refractivity contribution in [3.05, 3.63) is 35.6 Å². The molecule has 12 heavy (non-hydrogen) atoms. The molecule has 3 heteroatoms. The van der Waals surface area contributed by atoms with Crippen molar-refractivity contribution in [2.75, 3.05) is 0 Å². The highest BCUT2D eigenvalue weighted by Gasteiger charge is 2.11. The lowest BCUT2D eigenvalue weighted by Crippen LogP contribution is -2.01. The summed E-state index contributed by atoms with van der Waals surface area (Å²) in [6.07, 6.45) is 0. The molecule has 1 rings (SSSR count). The largest absolute Gasteiger partial charge is 0.281 e. The van der Waals surface area contributed by atoms with Crippen LogP contribution in [0.1, 0.15) is 18.4 Å². The quantitative estimate of drug-likeness (QED) is 0.649. The third kappa shape index (κ3) is 2.05. The Kier molecular flexibility index (Phi) is 2.82. The van der Waals surface area contributed by atoms with Crippen LogP contribution in [-0.2, 0) is 4.79 Å². The molecule has 0 fully saturated rings. The molecule has 1 nitrogen and oxygen atoms in total. The molecule has 0 aliphatic heterocycles. The van der Waals surface area contributed by atoms with Gasteiger partial charge in [0.15, 0.2) is 0 Å². The van der Waals surface area contributed by atoms with Crippen molar-refractivity contribution in [3.8, 4) is 0 Å². The number of carbonyl (C=O) groups is 1. The normalized spacial score (nSPS) is 12.6. The maximum atomic E-state index is 12.4. The molecule has 0 aromatic heterocycles. The lowest BCUT2D eigenvalue weighted by Gasteiger charge is -2.04. The summed E-state index contributed by atoms with van der Waals surface area (Å²) in [5, 5.41) is -0.429. The Bertz CT molecular complexity index is 281. The summed E-state index contributed by atoms with van der Waals surface area (Å²) < 4.78 is 12.4. The topological polar surface area (TPSA) is 17.1 Å². The van der Waals surface area contributed by atoms with Crippen molar-refractivity contribution in [2.45, 2.75) is 12.8 Å². The molecule has 0 aliphatic carbocycles. The average molecular weight is 187 g/mol. The summed E-state index contributed by atoms with van der Waals surface area (Å²) in [5.74, 6) is -0.680. The maximum absolute atomic E-state index is 12.4. The summed E-state index contributed by atoms with van der Waals surface area (Å²) in [7, 11) is 0. The molecule has 0 heterocycles. The Labute approximate surface area is 75.2 Å². The van der Waals surface area contributed by atoms with Gasteiger partial charge in [0.1, 0.15) is 5.82 Å². The number of carbonyl (C=O) groups excluding carboxylic acids is 1. The van der Waals surface area contributed by atoms with E-state index < -0.39 is 5.24 Å². The average Bonchev–Trinajstić information content (AvgIpc) is 2.04. The number of hydrogen-bond donors (Lipinski definition) is 0. The van der Waals surface area contributed by atoms with Crippen LogP contribution in [0, 0.1) is 5.82 Å². The standard InChI is InChI=1S/C9H8ClFO/c1-6(9(10)12)7-2-4-8(11)5-3-7/h2-6H,1H3. The molecule has 1 unspecified atom stereocenters. The van der Waals surface area contributed by atoms with E-state index in [0.717, 1.165) is 5.56 Å². The van der Waals surface area contributed by atoms with Crippen LogP contribution in [-0.4, -0.2) is 5.24 Å². The minimum atomic E-state index is -0.429. The number of halogens is 2. The third-order valence-electron chi connectivity index (χ3n) is 1.71. The van der Waals surface area contributed by atoms with Crippen molar-refractivity contribution >= 4 is 16.8 Å². The monoisotopic (exact) mass is 186 g/mol. The Morgan fingerprint density at radius 1 is 1.42 bits per heavy atom. The van der Waals surface area contributed by atoms with E-state index in [-0.39, 0.29) is 11.7 Å². The molecule has 0 bridgehead atoms. The van der Waals surface area contributed by atoms with Gasteiger partial charge in [-0.05, 0) is 29.3 Å². The fourth-order valence-corrected chi connectivity index (χ4v) is 1.01. The zero-order chi connectivity index (χ0) is 9.14. The van der Waals surface area contributed by atoms with E-state index in [0.29, 0.717) is 0 Å². The van der Waals surface area contributed by atoms with E-state index in [1.165, 1.54) is 12.1 Å². The van der Waals surface area contributed by atoms with E-state index in [9.17, 15) is 9.18 Å². The van der Waals surface area contributed by atoms with Crippen LogP contribution < -0.4 is 0 Å². The summed E-state index contributed by atoms with van der Waals surface area (Å²) in [6, 6.07) is 5.73. The van der Waals surface area contributed by atoms with Crippen LogP contribution in [0.15, 0.2) is 24.3 Å². The van der Waals surface area contributed by atoms with Crippen LogP contribution >= 0.6 is 11.6 Å². The van der Waals surface area contributed by atoms with E-state index >= 15 is 0 Å². The predicted molar refractivity (Wildman–Crippen MR) is 45.7 cm³/mol. The Balaban J connectivity index is 2.89. The van der Waals surface area contributed by atoms with Gasteiger partial charge >= 0.3 is 0 Å². The smallest absolute Gasteiger partial charge is 0.228 e. The molecule has 1 aromatic rings. The van der Waals surface area contributed by atoms with Crippen molar-refractivity contribution in [1.29, 1.82) is 0 Å². The first-order valence-corrected chi connectivity index (χ1v) is 3.94. The second kappa shape index (κ2) is 3.68. The first-order chi connectivity index (χ1) is 5.61. The van der Waals surface area contributed by atoms with Gasteiger partial charge in [0.05, 0.1) is 5.92 Å². The van der Waals surface area contributed by atoms with Crippen LogP contribution in [0.25, 0.3) is 0 Å². The van der Waals surface area contributed by atoms with E-state index in [1.807, 2.05) is 0 Å². The summed E-state index contributed by atoms with van der Waals surface area (Å²) >= 11 is 5.27. The lowest BCUT2D eigenvalue weighted by atomic mass is 10.0. The second-order valence-electron chi connectivity index (χ2n) is 2.58. The summed E-state index contributed by atoms with van der Waals surface area (Å²) in [4.78, 5) is 10.7. The van der Waals surface area contributed by atoms with Crippen LogP contribution in [0.3, 0.4) is 0 Å². The highest BCUT2D eigenvalue weighted by molar-refractivity contribution is 6.64. The Morgan fingerprint density at radius 3 is 2.33 bits per heavy atom. The highest BCUT2D eigenvalue weighted by Crippen LogP contribution is 2.17. The molecular weight excluding hydrogens is 179 g/mol. The van der Waals surface area contributed by atoms with Gasteiger partial charge in [-0.2, -0.15) is 0 Å². The maximum Gasteiger partial charge on any atom is 0.228 e. The molecule has 1 atom stereocenters. The van der Waals surface area contributed by atoms with E-state index in [2.05, 4.69) is 0 Å². The first kappa shape index (κ1) is 9.20. The molecule has 1 aromatic carbocycles. The van der Waals surface area contributed by atoms with Crippen molar-refractivity contribution in [2.24, 2.45) is 0 Å². The molecule has 64 valence electrons. The van der Waals surface area contributed by atoms with Gasteiger partial charge in [0, 0.05) is 0 Å². The highest BCUT2D eigenvalue weighted by atomic mass is 35.5. The Morgan fingerprint density at radius 2 is 1.92 bits per heavy atom. The minimum absolute atomic E-state index is 0.312. The molecule has 0 saturated heterocycles. The van der Waals surface area contributed by atoms with Crippen LogP contribution in [0.2, 0.25) is 0 Å². The lowest BCUT2D eigenvalue weighted by molar-refractivity contribution is -0.112. The van der Waals surface area contributed by atoms with Gasteiger partial charge in [-0.3, -0.25) is 4.79 Å². The molecular formula is C9H8ClFO. The molecule has 0 amide bonds. The Hall–Kier alpha value is -0.890. The first-order valence-electron chi connectivity index (χ1n) is 3.56. The van der Waals surface area contributed by atoms with Crippen LogP contribution in [0.4, 0.5) is 4.39 Å². The summed E-state index contributed by atoms with van der Waals surface area (Å²) in [6.45, 7) is 1.68. The fourth-order valence-electron chi connectivity index (χ4n) is 0.882. The van der Waals surface area contributed by atoms with Crippen molar-refractivity contribution < 1.29 is 9.18 Å². The van der Waals surface area contributed by atoms with Gasteiger partial charge in [0.25, 0.3) is 0 Å². The van der Waals surface area contributed by atoms with Crippen molar-refractivity contribution in [3.63, 3.8) is 0 Å².